The zero-order chi connectivity index (χ0) is 88.7. The molecule has 8 aromatic carbocycles. The average Bonchev–Trinajstić information content (AvgIpc) is 1.64. The second-order valence-electron chi connectivity index (χ2n) is 27.6. The molecule has 0 saturated heterocycles. The first-order chi connectivity index (χ1) is 61.1. The minimum atomic E-state index is -3.53. The van der Waals surface area contributed by atoms with Crippen LogP contribution in [-0.4, -0.2) is 157 Å². The lowest BCUT2D eigenvalue weighted by Crippen LogP contribution is -2.28. The Kier molecular flexibility index (Phi) is 28.7. The van der Waals surface area contributed by atoms with E-state index in [0.717, 1.165) is 67.6 Å². The van der Waals surface area contributed by atoms with E-state index >= 15 is 0 Å². The lowest BCUT2D eigenvalue weighted by Gasteiger charge is -2.15. The number of hydrogen-bond donors (Lipinski definition) is 6. The number of hydrogen-bond acceptors (Lipinski definition) is 26. The van der Waals surface area contributed by atoms with Gasteiger partial charge in [-0.1, -0.05) is 98.1 Å². The third-order valence-electron chi connectivity index (χ3n) is 19.1. The van der Waals surface area contributed by atoms with E-state index in [9.17, 15) is 26.4 Å². The molecule has 2 amide bonds. The molecule has 0 atom stereocenters. The number of sulfonamides is 2. The Morgan fingerprint density at radius 3 is 0.960 bits per heavy atom. The first-order valence-electron chi connectivity index (χ1n) is 39.3. The number of allylic oxidation sites excluding steroid dienone is 2. The van der Waals surface area contributed by atoms with E-state index in [1.165, 1.54) is 48.8 Å². The van der Waals surface area contributed by atoms with E-state index in [2.05, 4.69) is 73.3 Å². The van der Waals surface area contributed by atoms with Crippen LogP contribution in [0.2, 0.25) is 0 Å². The molecule has 36 heteroatoms. The maximum atomic E-state index is 12.0. The monoisotopic (exact) mass is 1730 g/mol. The van der Waals surface area contributed by atoms with Gasteiger partial charge >= 0.3 is 0 Å². The Morgan fingerprint density at radius 2 is 0.667 bits per heavy atom. The second kappa shape index (κ2) is 41.1. The van der Waals surface area contributed by atoms with Crippen molar-refractivity contribution in [2.45, 2.75) is 40.0 Å². The summed E-state index contributed by atoms with van der Waals surface area (Å²) in [7, 11) is -3.81. The number of ether oxygens (including phenoxy) is 4. The molecule has 34 nitrogen and oxygen atoms in total. The van der Waals surface area contributed by atoms with Crippen LogP contribution >= 0.6 is 0 Å². The van der Waals surface area contributed by atoms with Crippen molar-refractivity contribution < 1.29 is 45.4 Å². The van der Waals surface area contributed by atoms with Gasteiger partial charge in [0.1, 0.15) is 117 Å². The van der Waals surface area contributed by atoms with Crippen LogP contribution in [0.5, 0.6) is 46.0 Å². The molecule has 16 aromatic rings. The highest BCUT2D eigenvalue weighted by Crippen LogP contribution is 2.38. The molecule has 10 N–H and O–H groups in total. The van der Waals surface area contributed by atoms with Crippen molar-refractivity contribution in [2.75, 3.05) is 63.2 Å². The van der Waals surface area contributed by atoms with E-state index in [-0.39, 0.29) is 38.0 Å². The van der Waals surface area contributed by atoms with Crippen LogP contribution in [0.4, 0.5) is 23.3 Å². The fraction of sp³-hybridized carbons (Fsp3) is 0.133. The molecule has 0 radical (unpaired) electrons. The molecule has 126 heavy (non-hydrogen) atoms. The molecule has 0 spiro atoms. The summed E-state index contributed by atoms with van der Waals surface area (Å²) >= 11 is 0. The number of para-hydroxylation sites is 4. The largest absolute Gasteiger partial charge is 0.457 e. The number of amides is 2. The van der Waals surface area contributed by atoms with E-state index in [4.69, 9.17) is 52.1 Å². The van der Waals surface area contributed by atoms with Gasteiger partial charge in [0.15, 0.2) is 22.6 Å². The van der Waals surface area contributed by atoms with E-state index in [0.29, 0.717) is 128 Å². The molecule has 8 heterocycles. The third-order valence-corrected chi connectivity index (χ3v) is 21.6. The Bertz CT molecular complexity index is 6770. The van der Waals surface area contributed by atoms with Gasteiger partial charge in [0.2, 0.25) is 31.9 Å². The Morgan fingerprint density at radius 1 is 0.381 bits per heavy atom. The summed E-state index contributed by atoms with van der Waals surface area (Å²) in [4.78, 5) is 59.1. The quantitative estimate of drug-likeness (QED) is 0.0228. The minimum absolute atomic E-state index is 0.0627. The maximum absolute atomic E-state index is 12.0. The van der Waals surface area contributed by atoms with Crippen molar-refractivity contribution in [1.29, 1.82) is 0 Å². The van der Waals surface area contributed by atoms with Crippen molar-refractivity contribution in [1.82, 2.24) is 98.2 Å². The molecule has 640 valence electrons. The number of nitrogen functional groups attached to an aromatic ring is 4. The van der Waals surface area contributed by atoms with Gasteiger partial charge in [-0.3, -0.25) is 9.59 Å². The molecular weight excluding hydrogens is 1640 g/mol. The van der Waals surface area contributed by atoms with E-state index in [1.54, 1.807) is 49.8 Å². The first kappa shape index (κ1) is 87.9. The predicted octanol–water partition coefficient (Wildman–Crippen LogP) is 13.7. The zero-order valence-electron chi connectivity index (χ0n) is 68.9. The van der Waals surface area contributed by atoms with Crippen molar-refractivity contribution in [2.24, 2.45) is 0 Å². The molecule has 16 rings (SSSR count). The topological polar surface area (TPSA) is 448 Å². The SMILES string of the molecule is C/C=C/C(=O)N(C)CCn1nc(-c2ccc(Oc3ccccc3)cc2)c2c(N)ncnc21.C/C=C/C(=O)NCCn1nc(-c2ccc(Oc3ccccc3)cc2)c2c(N)ncnc21.C=CS(=O)(=O)N(C)CCn1nc(-c2ccc(Oc3ccccc3)cc2)c2c(N)ncnc21.C=CS(=O)(=O)NCCn1nc(-c2ccc(Oc3ccccc3)cc2)c2c(N)ncnc21. The van der Waals surface area contributed by atoms with Crippen LogP contribution in [0.1, 0.15) is 13.8 Å². The van der Waals surface area contributed by atoms with Gasteiger partial charge < -0.3 is 52.1 Å². The number of benzene rings is 8. The van der Waals surface area contributed by atoms with Crippen LogP contribution in [0.15, 0.2) is 292 Å². The molecule has 0 unspecified atom stereocenters. The lowest BCUT2D eigenvalue weighted by atomic mass is 10.1. The highest BCUT2D eigenvalue weighted by atomic mass is 32.2. The van der Waals surface area contributed by atoms with Gasteiger partial charge in [-0.2, -0.15) is 24.7 Å². The summed E-state index contributed by atoms with van der Waals surface area (Å²) in [5, 5.41) is 25.9. The molecule has 0 saturated carbocycles. The molecule has 8 aromatic heterocycles. The second-order valence-corrected chi connectivity index (χ2v) is 31.3. The van der Waals surface area contributed by atoms with Crippen molar-refractivity contribution in [3.63, 3.8) is 0 Å². The number of likely N-dealkylation sites (N-methyl/N-ethyl adjacent to an activating group) is 2. The number of carbonyl (C=O) groups is 2. The summed E-state index contributed by atoms with van der Waals surface area (Å²) in [5.74, 6) is 6.92. The maximum Gasteiger partial charge on any atom is 0.246 e. The van der Waals surface area contributed by atoms with Crippen LogP contribution in [-0.2, 0) is 55.8 Å². The molecule has 0 aliphatic rings. The first-order valence-corrected chi connectivity index (χ1v) is 42.3. The van der Waals surface area contributed by atoms with Crippen LogP contribution in [0.3, 0.4) is 0 Å². The number of anilines is 4. The normalized spacial score (nSPS) is 11.4. The fourth-order valence-electron chi connectivity index (χ4n) is 12.7. The molecule has 0 bridgehead atoms. The van der Waals surface area contributed by atoms with Gasteiger partial charge in [0.25, 0.3) is 0 Å². The van der Waals surface area contributed by atoms with Crippen LogP contribution in [0.25, 0.3) is 89.2 Å². The van der Waals surface area contributed by atoms with Gasteiger partial charge in [-0.15, -0.1) is 0 Å². The van der Waals surface area contributed by atoms with Crippen molar-refractivity contribution in [3.05, 3.63) is 292 Å². The van der Waals surface area contributed by atoms with Crippen LogP contribution in [0, 0.1) is 0 Å². The van der Waals surface area contributed by atoms with Gasteiger partial charge in [0.05, 0.1) is 47.7 Å². The summed E-state index contributed by atoms with van der Waals surface area (Å²) in [6, 6.07) is 68.3. The van der Waals surface area contributed by atoms with Gasteiger partial charge in [-0.05, 0) is 172 Å². The van der Waals surface area contributed by atoms with Gasteiger partial charge in [0, 0.05) is 73.3 Å². The highest BCUT2D eigenvalue weighted by Gasteiger charge is 2.24. The number of nitrogens with one attached hydrogen (secondary N) is 2. The smallest absolute Gasteiger partial charge is 0.246 e. The standard InChI is InChI=1S/C24H24N6O2.C23H22N6O2.C22H22N6O3S.C21H20N6O3S/c1-3-7-20(31)29(2)14-15-30-24-21(23(25)26-16-27-24)22(28-30)17-10-12-19(13-11-17)32-18-8-5-4-6-9-18;1-2-6-19(30)25-13-14-29-23-20(22(24)26-15-27-23)21(28-29)16-9-11-18(12-10-16)31-17-7-4-3-5-8-17;1-3-32(29,30)27(2)13-14-28-22-19(21(23)24-15-25-22)20(26-28)16-9-11-18(12-10-16)31-17-7-5-4-6-8-17;1-2-31(28,29)25-12-13-27-21-18(20(22)23-14-24-21)19(26-27)15-8-10-17(11-9-15)30-16-6-4-3-5-7-16/h3-13,16H,14-15H2,1-2H3,(H2,25,26,27);2-12,15H,13-14H2,1H3,(H,25,30)(H2,24,26,27);3-12,15H,1,13-14H2,2H3,(H2,23,24,25);2-11,14,25H,1,12-13H2,(H2,22,23,24)/b7-3+;6-2+;;. The van der Waals surface area contributed by atoms with Crippen LogP contribution < -0.4 is 51.9 Å². The number of nitrogens with two attached hydrogens (primary N) is 4. The number of aromatic nitrogens is 16. The Labute approximate surface area is 725 Å². The lowest BCUT2D eigenvalue weighted by molar-refractivity contribution is -0.125. The van der Waals surface area contributed by atoms with E-state index < -0.39 is 20.0 Å². The Hall–Kier alpha value is -15.9. The summed E-state index contributed by atoms with van der Waals surface area (Å²) < 4.78 is 80.8. The number of fused-ring (bicyclic) bond motifs is 4. The summed E-state index contributed by atoms with van der Waals surface area (Å²) in [6.45, 7) is 12.9. The Balaban J connectivity index is 0.000000144. The zero-order valence-corrected chi connectivity index (χ0v) is 70.5. The van der Waals surface area contributed by atoms with Crippen molar-refractivity contribution >= 4 is 99.3 Å². The molecular formula is C90H88N24O10S2. The van der Waals surface area contributed by atoms with Crippen molar-refractivity contribution in [3.8, 4) is 91.0 Å². The predicted molar refractivity (Wildman–Crippen MR) is 486 cm³/mol. The fourth-order valence-corrected chi connectivity index (χ4v) is 13.8. The number of carbonyl (C=O) groups excluding carboxylic acids is 2. The summed E-state index contributed by atoms with van der Waals surface area (Å²) in [5.41, 5.74) is 32.8. The highest BCUT2D eigenvalue weighted by molar-refractivity contribution is 7.92. The molecule has 0 aliphatic carbocycles. The van der Waals surface area contributed by atoms with E-state index in [1.807, 2.05) is 225 Å². The molecule has 0 aliphatic heterocycles. The summed E-state index contributed by atoms with van der Waals surface area (Å²) in [6.07, 6.45) is 12.0. The average molecular weight is 1730 g/mol. The number of rotatable bonds is 30. The number of nitrogens with zero attached hydrogens (tertiary/aromatic N) is 18. The third kappa shape index (κ3) is 22.0. The molecule has 0 fully saturated rings. The van der Waals surface area contributed by atoms with Gasteiger partial charge in [-0.25, -0.2) is 80.2 Å². The minimum Gasteiger partial charge on any atom is -0.457 e.